The molecule has 6 nitrogen and oxygen atoms in total. The van der Waals surface area contributed by atoms with Gasteiger partial charge >= 0.3 is 0 Å². The maximum Gasteiger partial charge on any atom is 0.164 e. The summed E-state index contributed by atoms with van der Waals surface area (Å²) in [6.07, 6.45) is 0. The Labute approximate surface area is 463 Å². The van der Waals surface area contributed by atoms with E-state index in [9.17, 15) is 0 Å². The first kappa shape index (κ1) is 44.6. The van der Waals surface area contributed by atoms with E-state index in [1.807, 2.05) is 11.3 Å². The summed E-state index contributed by atoms with van der Waals surface area (Å²) < 4.78 is 9.63. The van der Waals surface area contributed by atoms with Crippen LogP contribution in [0.15, 0.2) is 267 Å². The Morgan fingerprint density at radius 1 is 0.250 bits per heavy atom. The largest absolute Gasteiger partial charge is 0.309 e. The molecular formula is C73H44N6S. The van der Waals surface area contributed by atoms with Gasteiger partial charge in [-0.05, 0) is 119 Å². The summed E-state index contributed by atoms with van der Waals surface area (Å²) in [7, 11) is 0. The summed E-state index contributed by atoms with van der Waals surface area (Å²) in [6, 6.07) is 96.3. The fraction of sp³-hybridized carbons (Fsp3) is 0. The van der Waals surface area contributed by atoms with Crippen LogP contribution >= 0.6 is 11.3 Å². The molecule has 0 saturated heterocycles. The maximum atomic E-state index is 5.70. The first-order chi connectivity index (χ1) is 39.7. The molecule has 5 aromatic heterocycles. The van der Waals surface area contributed by atoms with E-state index in [-0.39, 0.29) is 0 Å². The molecule has 0 aliphatic heterocycles. The highest BCUT2D eigenvalue weighted by Crippen LogP contribution is 2.45. The Morgan fingerprint density at radius 2 is 0.725 bits per heavy atom. The highest BCUT2D eigenvalue weighted by Gasteiger charge is 2.25. The third-order valence-corrected chi connectivity index (χ3v) is 17.4. The molecule has 0 saturated carbocycles. The van der Waals surface area contributed by atoms with Crippen LogP contribution in [0.3, 0.4) is 0 Å². The SMILES string of the molecule is c1ccc(-n2c3ccccc3c3c(-c4nc(-c5ccc(-n6c7ccccc7c7cc8ccccc8cc76)cc5-c5ccc6c(c5)sc5ccccc56)nc(-c5cccc6c5c5ccccc5n6-c5ccccc5)n4)cccc32)cc1. The van der Waals surface area contributed by atoms with Gasteiger partial charge in [0, 0.05) is 86.2 Å². The van der Waals surface area contributed by atoms with Crippen LogP contribution in [0.2, 0.25) is 0 Å². The molecule has 7 heteroatoms. The average molecular weight is 1040 g/mol. The van der Waals surface area contributed by atoms with Crippen molar-refractivity contribution in [2.45, 2.75) is 0 Å². The zero-order valence-electron chi connectivity index (χ0n) is 43.0. The van der Waals surface area contributed by atoms with Crippen LogP contribution in [-0.4, -0.2) is 28.7 Å². The molecule has 17 aromatic rings. The Morgan fingerprint density at radius 3 is 1.35 bits per heavy atom. The Bertz CT molecular complexity index is 5200. The molecule has 0 N–H and O–H groups in total. The van der Waals surface area contributed by atoms with Gasteiger partial charge in [-0.25, -0.2) is 15.0 Å². The highest BCUT2D eigenvalue weighted by molar-refractivity contribution is 7.25. The van der Waals surface area contributed by atoms with Gasteiger partial charge in [0.2, 0.25) is 0 Å². The van der Waals surface area contributed by atoms with Gasteiger partial charge in [-0.15, -0.1) is 11.3 Å². The van der Waals surface area contributed by atoms with Crippen LogP contribution in [0.5, 0.6) is 0 Å². The van der Waals surface area contributed by atoms with Crippen molar-refractivity contribution < 1.29 is 0 Å². The molecule has 80 heavy (non-hydrogen) atoms. The van der Waals surface area contributed by atoms with E-state index in [1.165, 1.54) is 41.7 Å². The molecule has 0 radical (unpaired) electrons. The minimum atomic E-state index is 0.587. The summed E-state index contributed by atoms with van der Waals surface area (Å²) in [6.45, 7) is 0. The number of benzene rings is 12. The lowest BCUT2D eigenvalue weighted by molar-refractivity contribution is 1.08. The molecule has 0 aliphatic carbocycles. The van der Waals surface area contributed by atoms with Crippen LogP contribution in [0.4, 0.5) is 0 Å². The zero-order valence-corrected chi connectivity index (χ0v) is 43.8. The molecular weight excluding hydrogens is 993 g/mol. The average Bonchev–Trinajstić information content (AvgIpc) is 4.28. The molecule has 0 fully saturated rings. The highest BCUT2D eigenvalue weighted by atomic mass is 32.1. The van der Waals surface area contributed by atoms with E-state index in [0.29, 0.717) is 17.5 Å². The third kappa shape index (κ3) is 6.74. The molecule has 5 heterocycles. The van der Waals surface area contributed by atoms with E-state index in [1.54, 1.807) is 0 Å². The predicted octanol–water partition coefficient (Wildman–Crippen LogP) is 19.4. The number of para-hydroxylation sites is 5. The number of rotatable bonds is 7. The summed E-state index contributed by atoms with van der Waals surface area (Å²) >= 11 is 1.83. The standard InChI is InChI=1S/C73H44N6S/c1-3-21-48(22-4-1)77-62-32-14-10-27-55(62)69-57(29-17-34-64(69)77)72-74-71(75-73(76-72)58-30-18-35-65-70(58)56-28-11-15-33-63(56)78(65)49-23-5-2-6-24-49)54-40-38-50(44-59(54)47-37-39-53-52-26-12-16-36-67(52)80-68(53)43-47)79-61-31-13-9-25-51(61)60-41-45-19-7-8-20-46(45)42-66(60)79/h1-44H. The normalized spacial score (nSPS) is 12.0. The van der Waals surface area contributed by atoms with Crippen LogP contribution in [0.25, 0.3) is 159 Å². The van der Waals surface area contributed by atoms with Crippen molar-refractivity contribution in [1.82, 2.24) is 28.7 Å². The third-order valence-electron chi connectivity index (χ3n) is 16.3. The monoisotopic (exact) mass is 1040 g/mol. The maximum absolute atomic E-state index is 5.70. The van der Waals surface area contributed by atoms with E-state index < -0.39 is 0 Å². The summed E-state index contributed by atoms with van der Waals surface area (Å²) in [5, 5.41) is 11.8. The summed E-state index contributed by atoms with van der Waals surface area (Å²) in [4.78, 5) is 17.1. The quantitative estimate of drug-likeness (QED) is 0.160. The summed E-state index contributed by atoms with van der Waals surface area (Å²) in [5.41, 5.74) is 14.8. The van der Waals surface area contributed by atoms with E-state index in [0.717, 1.165) is 99.5 Å². The second-order valence-electron chi connectivity index (χ2n) is 20.7. The number of aromatic nitrogens is 6. The molecule has 0 amide bonds. The Kier molecular flexibility index (Phi) is 9.78. The van der Waals surface area contributed by atoms with Crippen molar-refractivity contribution in [1.29, 1.82) is 0 Å². The van der Waals surface area contributed by atoms with Crippen LogP contribution in [-0.2, 0) is 0 Å². The Hall–Kier alpha value is -10.5. The van der Waals surface area contributed by atoms with Gasteiger partial charge in [0.15, 0.2) is 17.5 Å². The second kappa shape index (κ2) is 17.5. The fourth-order valence-electron chi connectivity index (χ4n) is 12.8. The molecule has 0 bridgehead atoms. The second-order valence-corrected chi connectivity index (χ2v) is 21.8. The van der Waals surface area contributed by atoms with Crippen molar-refractivity contribution in [2.75, 3.05) is 0 Å². The number of thiophene rings is 1. The van der Waals surface area contributed by atoms with E-state index in [4.69, 9.17) is 15.0 Å². The molecule has 12 aromatic carbocycles. The smallest absolute Gasteiger partial charge is 0.164 e. The van der Waals surface area contributed by atoms with Crippen LogP contribution < -0.4 is 0 Å². The van der Waals surface area contributed by atoms with Crippen molar-refractivity contribution in [3.05, 3.63) is 267 Å². The number of nitrogens with zero attached hydrogens (tertiary/aromatic N) is 6. The fourth-order valence-corrected chi connectivity index (χ4v) is 13.9. The Balaban J connectivity index is 0.972. The summed E-state index contributed by atoms with van der Waals surface area (Å²) in [5.74, 6) is 1.78. The lowest BCUT2D eigenvalue weighted by Crippen LogP contribution is -2.03. The number of hydrogen-bond acceptors (Lipinski definition) is 4. The van der Waals surface area contributed by atoms with Crippen LogP contribution in [0.1, 0.15) is 0 Å². The number of fused-ring (bicyclic) bond motifs is 13. The topological polar surface area (TPSA) is 53.5 Å². The lowest BCUT2D eigenvalue weighted by atomic mass is 9.96. The van der Waals surface area contributed by atoms with Gasteiger partial charge in [0.1, 0.15) is 0 Å². The predicted molar refractivity (Wildman–Crippen MR) is 335 cm³/mol. The van der Waals surface area contributed by atoms with Gasteiger partial charge < -0.3 is 13.7 Å². The first-order valence-corrected chi connectivity index (χ1v) is 27.9. The molecule has 372 valence electrons. The van der Waals surface area contributed by atoms with Gasteiger partial charge in [0.05, 0.1) is 33.1 Å². The molecule has 0 spiro atoms. The minimum Gasteiger partial charge on any atom is -0.309 e. The van der Waals surface area contributed by atoms with Crippen LogP contribution in [0, 0.1) is 0 Å². The molecule has 0 unspecified atom stereocenters. The molecule has 0 aliphatic rings. The lowest BCUT2D eigenvalue weighted by Gasteiger charge is -2.16. The van der Waals surface area contributed by atoms with Gasteiger partial charge in [-0.1, -0.05) is 170 Å². The van der Waals surface area contributed by atoms with E-state index in [2.05, 4.69) is 281 Å². The number of hydrogen-bond donors (Lipinski definition) is 0. The van der Waals surface area contributed by atoms with Crippen molar-refractivity contribution in [2.24, 2.45) is 0 Å². The van der Waals surface area contributed by atoms with Crippen molar-refractivity contribution in [3.63, 3.8) is 0 Å². The zero-order chi connectivity index (χ0) is 52.4. The van der Waals surface area contributed by atoms with Gasteiger partial charge in [0.25, 0.3) is 0 Å². The molecule has 0 atom stereocenters. The first-order valence-electron chi connectivity index (χ1n) is 27.1. The van der Waals surface area contributed by atoms with Gasteiger partial charge in [-0.3, -0.25) is 0 Å². The van der Waals surface area contributed by atoms with Gasteiger partial charge in [-0.2, -0.15) is 0 Å². The molecule has 17 rings (SSSR count). The van der Waals surface area contributed by atoms with E-state index >= 15 is 0 Å². The van der Waals surface area contributed by atoms with Crippen molar-refractivity contribution in [3.8, 4) is 62.4 Å². The minimum absolute atomic E-state index is 0.587. The van der Waals surface area contributed by atoms with Crippen molar-refractivity contribution >= 4 is 108 Å².